The first-order valence-corrected chi connectivity index (χ1v) is 11.8. The first-order chi connectivity index (χ1) is 18.8. The Kier molecular flexibility index (Phi) is 12.7. The van der Waals surface area contributed by atoms with Crippen molar-refractivity contribution >= 4 is 18.1 Å². The van der Waals surface area contributed by atoms with E-state index in [1.54, 1.807) is 18.2 Å². The summed E-state index contributed by atoms with van der Waals surface area (Å²) >= 11 is 0. The first-order valence-electron chi connectivity index (χ1n) is 11.8. The van der Waals surface area contributed by atoms with E-state index >= 15 is 0 Å². The van der Waals surface area contributed by atoms with Crippen molar-refractivity contribution in [2.45, 2.75) is 20.1 Å². The molecule has 4 aromatic rings. The smallest absolute Gasteiger partial charge is 0.300 e. The van der Waals surface area contributed by atoms with Crippen LogP contribution >= 0.6 is 0 Å². The van der Waals surface area contributed by atoms with E-state index in [4.69, 9.17) is 19.4 Å². The molecule has 209 valence electrons. The number of hydrogen-bond donors (Lipinski definition) is 4. The average molecular weight is 587 g/mol. The number of carbonyl (C=O) groups is 2. The number of carboxylic acid groups (broad SMARTS) is 1. The Morgan fingerprint density at radius 2 is 1.30 bits per heavy atom. The number of phenolic OH excluding ortho intramolecular Hbond substituents is 2. The summed E-state index contributed by atoms with van der Waals surface area (Å²) in [6.07, 6.45) is 1.29. The quantitative estimate of drug-likeness (QED) is 0.158. The van der Waals surface area contributed by atoms with Crippen LogP contribution in [0.25, 0.3) is 0 Å². The van der Waals surface area contributed by atoms with E-state index in [9.17, 15) is 15.0 Å². The number of amides is 1. The molecule has 0 unspecified atom stereocenters. The second kappa shape index (κ2) is 16.2. The molecule has 0 atom stereocenters. The number of ether oxygens (including phenoxy) is 2. The van der Waals surface area contributed by atoms with Gasteiger partial charge in [-0.1, -0.05) is 60.7 Å². The molecule has 0 heterocycles. The SMILES string of the molecule is CC(=O)O.O=C(N/N=C/c1ccc(O)cc1O)c1cc(OCc2ccccc2)cc(OCc2ccccc2)c1.[Co]. The van der Waals surface area contributed by atoms with Crippen LogP contribution in [0.4, 0.5) is 0 Å². The van der Waals surface area contributed by atoms with Gasteiger partial charge in [-0.3, -0.25) is 9.59 Å². The molecule has 0 aromatic heterocycles. The van der Waals surface area contributed by atoms with E-state index in [2.05, 4.69) is 10.5 Å². The molecular weight excluding hydrogens is 559 g/mol. The van der Waals surface area contributed by atoms with Crippen molar-refractivity contribution in [3.05, 3.63) is 119 Å². The second-order valence-electron chi connectivity index (χ2n) is 8.20. The number of rotatable bonds is 9. The Morgan fingerprint density at radius 1 is 0.800 bits per heavy atom. The second-order valence-corrected chi connectivity index (χ2v) is 8.20. The molecule has 10 heteroatoms. The van der Waals surface area contributed by atoms with Gasteiger partial charge in [-0.25, -0.2) is 5.43 Å². The number of carboxylic acids is 1. The van der Waals surface area contributed by atoms with Crippen LogP contribution in [-0.2, 0) is 34.8 Å². The van der Waals surface area contributed by atoms with Gasteiger partial charge in [0.05, 0.1) is 6.21 Å². The van der Waals surface area contributed by atoms with Crippen LogP contribution < -0.4 is 14.9 Å². The van der Waals surface area contributed by atoms with Gasteiger partial charge in [-0.05, 0) is 35.4 Å². The predicted octanol–water partition coefficient (Wildman–Crippen LogP) is 5.11. The Balaban J connectivity index is 0.00000105. The zero-order chi connectivity index (χ0) is 28.0. The summed E-state index contributed by atoms with van der Waals surface area (Å²) in [5.41, 5.74) is 5.06. The summed E-state index contributed by atoms with van der Waals surface area (Å²) in [5.74, 6) is -0.585. The van der Waals surface area contributed by atoms with Gasteiger partial charge in [0.25, 0.3) is 11.9 Å². The zero-order valence-electron chi connectivity index (χ0n) is 21.5. The Hall–Kier alpha value is -4.80. The first kappa shape index (κ1) is 31.4. The Bertz CT molecular complexity index is 1350. The van der Waals surface area contributed by atoms with E-state index in [1.165, 1.54) is 24.4 Å². The van der Waals surface area contributed by atoms with Gasteiger partial charge in [0.2, 0.25) is 0 Å². The van der Waals surface area contributed by atoms with Crippen molar-refractivity contribution in [3.8, 4) is 23.0 Å². The minimum absolute atomic E-state index is 0. The summed E-state index contributed by atoms with van der Waals surface area (Å²) in [7, 11) is 0. The van der Waals surface area contributed by atoms with Gasteiger partial charge in [-0.15, -0.1) is 0 Å². The predicted molar refractivity (Wildman–Crippen MR) is 146 cm³/mol. The summed E-state index contributed by atoms with van der Waals surface area (Å²) in [6, 6.07) is 28.5. The third-order valence-corrected chi connectivity index (χ3v) is 5.02. The molecule has 0 saturated carbocycles. The standard InChI is InChI=1S/C28H24N2O5.C2H4O2.Co/c31-24-12-11-22(27(32)15-24)17-29-30-28(33)23-13-25(34-18-20-7-3-1-4-8-20)16-26(14-23)35-19-21-9-5-2-6-10-21;1-2(3)4;/h1-17,31-32H,18-19H2,(H,30,33);1H3,(H,3,4);/b29-17+;;. The molecule has 40 heavy (non-hydrogen) atoms. The van der Waals surface area contributed by atoms with E-state index in [0.29, 0.717) is 35.8 Å². The number of hydrazone groups is 1. The summed E-state index contributed by atoms with van der Waals surface area (Å²) in [4.78, 5) is 21.8. The monoisotopic (exact) mass is 587 g/mol. The number of aromatic hydroxyl groups is 2. The summed E-state index contributed by atoms with van der Waals surface area (Å²) in [5, 5.41) is 30.6. The fourth-order valence-electron chi connectivity index (χ4n) is 3.22. The maximum absolute atomic E-state index is 12.8. The maximum Gasteiger partial charge on any atom is 0.300 e. The van der Waals surface area contributed by atoms with Crippen LogP contribution in [0.15, 0.2) is 102 Å². The molecule has 0 fully saturated rings. The third-order valence-electron chi connectivity index (χ3n) is 5.02. The van der Waals surface area contributed by atoms with Crippen LogP contribution in [0.2, 0.25) is 0 Å². The molecule has 4 rings (SSSR count). The average Bonchev–Trinajstić information content (AvgIpc) is 2.92. The van der Waals surface area contributed by atoms with Gasteiger partial charge in [0.1, 0.15) is 36.2 Å². The third kappa shape index (κ3) is 10.9. The fourth-order valence-corrected chi connectivity index (χ4v) is 3.22. The van der Waals surface area contributed by atoms with Crippen LogP contribution in [0.1, 0.15) is 34.0 Å². The van der Waals surface area contributed by atoms with Gasteiger partial charge in [0.15, 0.2) is 0 Å². The van der Waals surface area contributed by atoms with Crippen molar-refractivity contribution in [1.29, 1.82) is 0 Å². The van der Waals surface area contributed by atoms with Crippen molar-refractivity contribution in [3.63, 3.8) is 0 Å². The number of hydrogen-bond acceptors (Lipinski definition) is 7. The van der Waals surface area contributed by atoms with Crippen LogP contribution in [0, 0.1) is 0 Å². The van der Waals surface area contributed by atoms with Crippen LogP contribution in [0.5, 0.6) is 23.0 Å². The van der Waals surface area contributed by atoms with Gasteiger partial charge in [-0.2, -0.15) is 5.10 Å². The summed E-state index contributed by atoms with van der Waals surface area (Å²) < 4.78 is 11.8. The molecule has 0 aliphatic heterocycles. The number of aliphatic carboxylic acids is 1. The molecule has 0 bridgehead atoms. The molecule has 1 amide bonds. The molecule has 4 N–H and O–H groups in total. The number of nitrogens with one attached hydrogen (secondary N) is 1. The minimum atomic E-state index is -0.833. The molecular formula is C30H28CoN2O7. The molecule has 1 radical (unpaired) electrons. The van der Waals surface area contributed by atoms with E-state index in [1.807, 2.05) is 60.7 Å². The number of nitrogens with zero attached hydrogens (tertiary/aromatic N) is 1. The molecule has 0 saturated heterocycles. The molecule has 0 spiro atoms. The van der Waals surface area contributed by atoms with Crippen LogP contribution in [0.3, 0.4) is 0 Å². The minimum Gasteiger partial charge on any atom is -0.508 e. The number of carbonyl (C=O) groups excluding carboxylic acids is 1. The van der Waals surface area contributed by atoms with Crippen LogP contribution in [-0.4, -0.2) is 33.4 Å². The van der Waals surface area contributed by atoms with Crippen molar-refractivity contribution in [1.82, 2.24) is 5.43 Å². The van der Waals surface area contributed by atoms with Gasteiger partial charge in [0, 0.05) is 47.0 Å². The molecule has 0 aliphatic rings. The van der Waals surface area contributed by atoms with E-state index in [0.717, 1.165) is 18.1 Å². The largest absolute Gasteiger partial charge is 0.508 e. The Morgan fingerprint density at radius 3 is 1.77 bits per heavy atom. The molecule has 4 aromatic carbocycles. The normalized spacial score (nSPS) is 10.0. The fraction of sp³-hybridized carbons (Fsp3) is 0.100. The van der Waals surface area contributed by atoms with Gasteiger partial charge < -0.3 is 24.8 Å². The van der Waals surface area contributed by atoms with Crippen molar-refractivity contribution in [2.75, 3.05) is 0 Å². The summed E-state index contributed by atoms with van der Waals surface area (Å²) in [6.45, 7) is 1.75. The maximum atomic E-state index is 12.8. The zero-order valence-corrected chi connectivity index (χ0v) is 22.5. The van der Waals surface area contributed by atoms with Gasteiger partial charge >= 0.3 is 0 Å². The molecule has 0 aliphatic carbocycles. The van der Waals surface area contributed by atoms with Crippen molar-refractivity contribution in [2.24, 2.45) is 5.10 Å². The Labute approximate surface area is 241 Å². The van der Waals surface area contributed by atoms with E-state index in [-0.39, 0.29) is 28.3 Å². The molecule has 9 nitrogen and oxygen atoms in total. The number of phenols is 2. The van der Waals surface area contributed by atoms with Crippen molar-refractivity contribution < 1.29 is 51.2 Å². The number of benzene rings is 4. The topological polar surface area (TPSA) is 138 Å². The van der Waals surface area contributed by atoms with E-state index < -0.39 is 11.9 Å².